The zero-order valence-electron chi connectivity index (χ0n) is 11.6. The molecule has 0 saturated carbocycles. The fourth-order valence-corrected chi connectivity index (χ4v) is 2.32. The van der Waals surface area contributed by atoms with E-state index in [1.807, 2.05) is 7.05 Å². The van der Waals surface area contributed by atoms with Gasteiger partial charge in [0.15, 0.2) is 0 Å². The van der Waals surface area contributed by atoms with Crippen LogP contribution in [0, 0.1) is 0 Å². The second-order valence-corrected chi connectivity index (χ2v) is 5.20. The van der Waals surface area contributed by atoms with Gasteiger partial charge in [0.05, 0.1) is 0 Å². The minimum absolute atomic E-state index is 0.367. The minimum atomic E-state index is 0.367. The predicted octanol–water partition coefficient (Wildman–Crippen LogP) is 2.44. The van der Waals surface area contributed by atoms with E-state index in [2.05, 4.69) is 48.5 Å². The smallest absolute Gasteiger partial charge is 0.120 e. The van der Waals surface area contributed by atoms with Crippen molar-refractivity contribution in [3.8, 4) is 5.75 Å². The Morgan fingerprint density at radius 2 is 2.06 bits per heavy atom. The summed E-state index contributed by atoms with van der Waals surface area (Å²) in [6.45, 7) is 4.43. The molecule has 1 fully saturated rings. The third-order valence-corrected chi connectivity index (χ3v) is 3.76. The highest BCUT2D eigenvalue weighted by Crippen LogP contribution is 2.22. The number of hydrogen-bond acceptors (Lipinski definition) is 3. The van der Waals surface area contributed by atoms with E-state index in [0.717, 1.165) is 31.7 Å². The summed E-state index contributed by atoms with van der Waals surface area (Å²) in [5.74, 6) is 1.00. The molecule has 0 amide bonds. The van der Waals surface area contributed by atoms with Crippen LogP contribution in [0.2, 0.25) is 0 Å². The lowest BCUT2D eigenvalue weighted by Gasteiger charge is -2.29. The lowest BCUT2D eigenvalue weighted by molar-refractivity contribution is 0.114. The second kappa shape index (κ2) is 6.21. The van der Waals surface area contributed by atoms with Gasteiger partial charge in [0.1, 0.15) is 11.9 Å². The Balaban J connectivity index is 1.96. The van der Waals surface area contributed by atoms with E-state index >= 15 is 0 Å². The zero-order chi connectivity index (χ0) is 13.0. The molecule has 1 saturated heterocycles. The van der Waals surface area contributed by atoms with Gasteiger partial charge in [-0.15, -0.1) is 0 Å². The van der Waals surface area contributed by atoms with Crippen LogP contribution in [0.15, 0.2) is 24.3 Å². The number of benzene rings is 1. The summed E-state index contributed by atoms with van der Waals surface area (Å²) in [5, 5.41) is 3.26. The van der Waals surface area contributed by atoms with Crippen LogP contribution in [0.25, 0.3) is 0 Å². The Morgan fingerprint density at radius 1 is 1.33 bits per heavy atom. The average molecular weight is 248 g/mol. The first-order valence-electron chi connectivity index (χ1n) is 6.81. The normalized spacial score (nSPS) is 19.7. The largest absolute Gasteiger partial charge is 0.490 e. The van der Waals surface area contributed by atoms with E-state index in [4.69, 9.17) is 4.74 Å². The summed E-state index contributed by atoms with van der Waals surface area (Å²) in [6, 6.07) is 8.80. The molecule has 1 aliphatic heterocycles. The number of ether oxygens (including phenoxy) is 1. The molecule has 1 heterocycles. The van der Waals surface area contributed by atoms with Gasteiger partial charge in [0, 0.05) is 19.1 Å². The molecule has 1 N–H and O–H groups in total. The van der Waals surface area contributed by atoms with E-state index < -0.39 is 0 Å². The van der Waals surface area contributed by atoms with Crippen LogP contribution in [-0.4, -0.2) is 38.2 Å². The van der Waals surface area contributed by atoms with Gasteiger partial charge in [0.2, 0.25) is 0 Å². The van der Waals surface area contributed by atoms with Crippen molar-refractivity contribution in [2.75, 3.05) is 27.2 Å². The van der Waals surface area contributed by atoms with Gasteiger partial charge in [-0.1, -0.05) is 12.1 Å². The van der Waals surface area contributed by atoms with Gasteiger partial charge in [-0.25, -0.2) is 0 Å². The van der Waals surface area contributed by atoms with Gasteiger partial charge in [-0.05, 0) is 51.6 Å². The lowest BCUT2D eigenvalue weighted by atomic mass is 10.1. The standard InChI is InChI=1S/C15H24N2O/c1-12(16-2)13-5-4-6-15(11-13)18-14-7-9-17(3)10-8-14/h4-6,11-12,14,16H,7-10H2,1-3H3. The molecule has 0 bridgehead atoms. The summed E-state index contributed by atoms with van der Waals surface area (Å²) in [7, 11) is 4.15. The maximum absolute atomic E-state index is 6.08. The maximum Gasteiger partial charge on any atom is 0.120 e. The lowest BCUT2D eigenvalue weighted by Crippen LogP contribution is -2.35. The van der Waals surface area contributed by atoms with Crippen LogP contribution in [0.3, 0.4) is 0 Å². The van der Waals surface area contributed by atoms with Crippen molar-refractivity contribution >= 4 is 0 Å². The van der Waals surface area contributed by atoms with Crippen molar-refractivity contribution in [1.82, 2.24) is 10.2 Å². The Morgan fingerprint density at radius 3 is 2.72 bits per heavy atom. The first-order valence-corrected chi connectivity index (χ1v) is 6.81. The molecule has 18 heavy (non-hydrogen) atoms. The minimum Gasteiger partial charge on any atom is -0.490 e. The number of nitrogens with zero attached hydrogens (tertiary/aromatic N) is 1. The Labute approximate surface area is 110 Å². The summed E-state index contributed by atoms with van der Waals surface area (Å²) >= 11 is 0. The van der Waals surface area contributed by atoms with Crippen LogP contribution in [0.1, 0.15) is 31.4 Å². The highest BCUT2D eigenvalue weighted by Gasteiger charge is 2.18. The fraction of sp³-hybridized carbons (Fsp3) is 0.600. The molecule has 100 valence electrons. The van der Waals surface area contributed by atoms with Gasteiger partial charge in [0.25, 0.3) is 0 Å². The Kier molecular flexibility index (Phi) is 4.61. The number of hydrogen-bond donors (Lipinski definition) is 1. The average Bonchev–Trinajstić information content (AvgIpc) is 2.41. The zero-order valence-corrected chi connectivity index (χ0v) is 11.6. The predicted molar refractivity (Wildman–Crippen MR) is 75.1 cm³/mol. The highest BCUT2D eigenvalue weighted by molar-refractivity contribution is 5.30. The summed E-state index contributed by atoms with van der Waals surface area (Å²) < 4.78 is 6.08. The van der Waals surface area contributed by atoms with Gasteiger partial charge in [-0.2, -0.15) is 0 Å². The van der Waals surface area contributed by atoms with Crippen molar-refractivity contribution in [3.05, 3.63) is 29.8 Å². The van der Waals surface area contributed by atoms with Crippen molar-refractivity contribution in [3.63, 3.8) is 0 Å². The monoisotopic (exact) mass is 248 g/mol. The highest BCUT2D eigenvalue weighted by atomic mass is 16.5. The van der Waals surface area contributed by atoms with Gasteiger partial charge >= 0.3 is 0 Å². The number of likely N-dealkylation sites (tertiary alicyclic amines) is 1. The quantitative estimate of drug-likeness (QED) is 0.885. The third-order valence-electron chi connectivity index (χ3n) is 3.76. The number of piperidine rings is 1. The molecule has 0 aromatic heterocycles. The summed E-state index contributed by atoms with van der Waals surface area (Å²) in [5.41, 5.74) is 1.28. The summed E-state index contributed by atoms with van der Waals surface area (Å²) in [4.78, 5) is 2.36. The topological polar surface area (TPSA) is 24.5 Å². The molecule has 1 atom stereocenters. The molecule has 3 heteroatoms. The van der Waals surface area contributed by atoms with Crippen molar-refractivity contribution in [2.45, 2.75) is 31.9 Å². The molecule has 3 nitrogen and oxygen atoms in total. The van der Waals surface area contributed by atoms with E-state index in [1.54, 1.807) is 0 Å². The molecule has 0 spiro atoms. The van der Waals surface area contributed by atoms with Gasteiger partial charge in [-0.3, -0.25) is 0 Å². The molecular formula is C15H24N2O. The number of nitrogens with one attached hydrogen (secondary N) is 1. The molecule has 1 aliphatic rings. The van der Waals surface area contributed by atoms with Gasteiger partial charge < -0.3 is 15.0 Å². The van der Waals surface area contributed by atoms with Crippen LogP contribution in [0.4, 0.5) is 0 Å². The molecule has 2 rings (SSSR count). The third kappa shape index (κ3) is 3.47. The van der Waals surface area contributed by atoms with E-state index in [-0.39, 0.29) is 0 Å². The van der Waals surface area contributed by atoms with Crippen LogP contribution < -0.4 is 10.1 Å². The molecule has 1 unspecified atom stereocenters. The molecule has 1 aromatic carbocycles. The number of rotatable bonds is 4. The molecular weight excluding hydrogens is 224 g/mol. The van der Waals surface area contributed by atoms with E-state index in [1.165, 1.54) is 5.56 Å². The molecule has 0 aliphatic carbocycles. The Hall–Kier alpha value is -1.06. The van der Waals surface area contributed by atoms with Crippen LogP contribution in [-0.2, 0) is 0 Å². The van der Waals surface area contributed by atoms with Crippen molar-refractivity contribution < 1.29 is 4.74 Å². The SMILES string of the molecule is CNC(C)c1cccc(OC2CCN(C)CC2)c1. The fourth-order valence-electron chi connectivity index (χ4n) is 2.32. The van der Waals surface area contributed by atoms with E-state index in [9.17, 15) is 0 Å². The van der Waals surface area contributed by atoms with Crippen molar-refractivity contribution in [1.29, 1.82) is 0 Å². The first-order chi connectivity index (χ1) is 8.69. The second-order valence-electron chi connectivity index (χ2n) is 5.20. The van der Waals surface area contributed by atoms with E-state index in [0.29, 0.717) is 12.1 Å². The first kappa shape index (κ1) is 13.4. The van der Waals surface area contributed by atoms with Crippen molar-refractivity contribution in [2.24, 2.45) is 0 Å². The Bertz CT molecular complexity index is 373. The molecule has 1 aromatic rings. The summed E-state index contributed by atoms with van der Waals surface area (Å²) in [6.07, 6.45) is 2.63. The van der Waals surface area contributed by atoms with Crippen LogP contribution in [0.5, 0.6) is 5.75 Å². The maximum atomic E-state index is 6.08. The molecule has 0 radical (unpaired) electrons. The van der Waals surface area contributed by atoms with Crippen LogP contribution >= 0.6 is 0 Å².